The van der Waals surface area contributed by atoms with Crippen LogP contribution < -0.4 is 0 Å². The van der Waals surface area contributed by atoms with Gasteiger partial charge in [0.25, 0.3) is 0 Å². The average Bonchev–Trinajstić information content (AvgIpc) is 3.16. The number of fused-ring (bicyclic) bond motifs is 2. The molecular formula is C29H28BrNO. The molecule has 1 aliphatic rings. The first kappa shape index (κ1) is 21.2. The quantitative estimate of drug-likeness (QED) is 0.267. The van der Waals surface area contributed by atoms with Crippen LogP contribution in [0.25, 0.3) is 32.7 Å². The fourth-order valence-corrected chi connectivity index (χ4v) is 5.40. The molecule has 1 aliphatic heterocycles. The zero-order chi connectivity index (χ0) is 22.5. The van der Waals surface area contributed by atoms with Gasteiger partial charge in [-0.05, 0) is 94.8 Å². The van der Waals surface area contributed by atoms with Gasteiger partial charge in [0, 0.05) is 10.0 Å². The van der Waals surface area contributed by atoms with E-state index in [-0.39, 0.29) is 5.54 Å². The van der Waals surface area contributed by atoms with Gasteiger partial charge in [0.2, 0.25) is 5.90 Å². The molecule has 0 fully saturated rings. The lowest BCUT2D eigenvalue weighted by atomic mass is 9.88. The van der Waals surface area contributed by atoms with Crippen molar-refractivity contribution in [3.63, 3.8) is 0 Å². The molecule has 0 saturated heterocycles. The number of aryl methyl sites for hydroxylation is 2. The summed E-state index contributed by atoms with van der Waals surface area (Å²) in [5.41, 5.74) is 6.09. The summed E-state index contributed by atoms with van der Waals surface area (Å²) in [6.45, 7) is 9.33. The maximum absolute atomic E-state index is 5.91. The molecule has 3 heteroatoms. The second-order valence-electron chi connectivity index (χ2n) is 9.22. The Labute approximate surface area is 198 Å². The second-order valence-corrected chi connectivity index (χ2v) is 10.1. The van der Waals surface area contributed by atoms with E-state index in [0.29, 0.717) is 6.61 Å². The summed E-state index contributed by atoms with van der Waals surface area (Å²) < 4.78 is 6.95. The fraction of sp³-hybridized carbons (Fsp3) is 0.276. The third-order valence-electron chi connectivity index (χ3n) is 6.40. The lowest BCUT2D eigenvalue weighted by molar-refractivity contribution is 0.279. The van der Waals surface area contributed by atoms with Crippen LogP contribution in [0.1, 0.15) is 44.4 Å². The van der Waals surface area contributed by atoms with Gasteiger partial charge in [0.15, 0.2) is 0 Å². The molecule has 0 radical (unpaired) electrons. The highest BCUT2D eigenvalue weighted by Gasteiger charge is 2.27. The lowest BCUT2D eigenvalue weighted by Gasteiger charge is -2.16. The molecule has 0 N–H and O–H groups in total. The number of rotatable bonds is 4. The van der Waals surface area contributed by atoms with Crippen LogP contribution >= 0.6 is 15.9 Å². The summed E-state index contributed by atoms with van der Waals surface area (Å²) in [4.78, 5) is 4.77. The highest BCUT2D eigenvalue weighted by molar-refractivity contribution is 9.10. The van der Waals surface area contributed by atoms with E-state index >= 15 is 0 Å². The van der Waals surface area contributed by atoms with Crippen LogP contribution in [0, 0.1) is 0 Å². The molecule has 0 atom stereocenters. The van der Waals surface area contributed by atoms with E-state index in [4.69, 9.17) is 9.73 Å². The van der Waals surface area contributed by atoms with Crippen LogP contribution in [0.4, 0.5) is 0 Å². The average molecular weight is 486 g/mol. The van der Waals surface area contributed by atoms with Crippen molar-refractivity contribution in [1.82, 2.24) is 0 Å². The third kappa shape index (κ3) is 3.63. The van der Waals surface area contributed by atoms with Crippen LogP contribution in [0.3, 0.4) is 0 Å². The normalized spacial score (nSPS) is 15.2. The van der Waals surface area contributed by atoms with Crippen molar-refractivity contribution < 1.29 is 4.74 Å². The van der Waals surface area contributed by atoms with Crippen molar-refractivity contribution in [3.8, 4) is 11.1 Å². The second kappa shape index (κ2) is 8.04. The molecule has 0 amide bonds. The van der Waals surface area contributed by atoms with E-state index in [1.54, 1.807) is 0 Å². The van der Waals surface area contributed by atoms with Crippen LogP contribution in [0.2, 0.25) is 0 Å². The fourth-order valence-electron chi connectivity index (χ4n) is 4.91. The van der Waals surface area contributed by atoms with Crippen LogP contribution in [0.15, 0.2) is 70.1 Å². The predicted octanol–water partition coefficient (Wildman–Crippen LogP) is 8.10. The third-order valence-corrected chi connectivity index (χ3v) is 6.86. The minimum atomic E-state index is -0.172. The molecule has 0 aromatic heterocycles. The standard InChI is InChI=1S/C29H28BrNO/c1-5-22-24-9-7-8-10-25(24)23(6-2)27-16-18(11-12-26(22)27)19-13-20(15-21(30)14-19)28-31-29(3,4)17-32-28/h7-16H,5-6,17H2,1-4H3. The van der Waals surface area contributed by atoms with Gasteiger partial charge in [-0.15, -0.1) is 0 Å². The van der Waals surface area contributed by atoms with Gasteiger partial charge in [0.1, 0.15) is 6.61 Å². The van der Waals surface area contributed by atoms with E-state index in [2.05, 4.69) is 104 Å². The number of halogens is 1. The van der Waals surface area contributed by atoms with E-state index in [1.165, 1.54) is 43.8 Å². The molecule has 5 rings (SSSR count). The van der Waals surface area contributed by atoms with E-state index < -0.39 is 0 Å². The first-order valence-corrected chi connectivity index (χ1v) is 12.2. The number of hydrogen-bond acceptors (Lipinski definition) is 2. The van der Waals surface area contributed by atoms with Gasteiger partial charge < -0.3 is 4.74 Å². The summed E-state index contributed by atoms with van der Waals surface area (Å²) in [5.74, 6) is 0.729. The first-order valence-electron chi connectivity index (χ1n) is 11.4. The van der Waals surface area contributed by atoms with Crippen LogP contribution in [-0.4, -0.2) is 18.0 Å². The van der Waals surface area contributed by atoms with Crippen molar-refractivity contribution in [1.29, 1.82) is 0 Å². The van der Waals surface area contributed by atoms with Crippen molar-refractivity contribution in [3.05, 3.63) is 81.8 Å². The Hall–Kier alpha value is -2.65. The number of hydrogen-bond donors (Lipinski definition) is 0. The molecule has 0 saturated carbocycles. The summed E-state index contributed by atoms with van der Waals surface area (Å²) in [5, 5.41) is 5.49. The van der Waals surface area contributed by atoms with Crippen molar-refractivity contribution in [2.75, 3.05) is 6.61 Å². The molecule has 4 aromatic carbocycles. The van der Waals surface area contributed by atoms with E-state index in [1.807, 2.05) is 0 Å². The Morgan fingerprint density at radius 3 is 2.03 bits per heavy atom. The number of aliphatic imine (C=N–C) groups is 1. The Kier molecular flexibility index (Phi) is 5.33. The van der Waals surface area contributed by atoms with Gasteiger partial charge >= 0.3 is 0 Å². The van der Waals surface area contributed by atoms with Gasteiger partial charge in [0.05, 0.1) is 5.54 Å². The first-order chi connectivity index (χ1) is 15.4. The summed E-state index contributed by atoms with van der Waals surface area (Å²) in [6.07, 6.45) is 2.03. The maximum atomic E-state index is 5.91. The summed E-state index contributed by atoms with van der Waals surface area (Å²) in [6, 6.07) is 22.2. The Morgan fingerprint density at radius 2 is 1.41 bits per heavy atom. The molecule has 4 aromatic rings. The molecule has 1 heterocycles. The number of nitrogens with zero attached hydrogens (tertiary/aromatic N) is 1. The molecule has 0 aliphatic carbocycles. The lowest BCUT2D eigenvalue weighted by Crippen LogP contribution is -2.17. The molecular weight excluding hydrogens is 458 g/mol. The largest absolute Gasteiger partial charge is 0.475 e. The van der Waals surface area contributed by atoms with E-state index in [0.717, 1.165) is 28.8 Å². The minimum Gasteiger partial charge on any atom is -0.475 e. The highest BCUT2D eigenvalue weighted by atomic mass is 79.9. The SMILES string of the molecule is CCc1c2ccccc2c(CC)c2cc(-c3cc(Br)cc(C4=NC(C)(C)CO4)c3)ccc12. The predicted molar refractivity (Wildman–Crippen MR) is 140 cm³/mol. The van der Waals surface area contributed by atoms with Crippen molar-refractivity contribution >= 4 is 43.4 Å². The molecule has 2 nitrogen and oxygen atoms in total. The molecule has 162 valence electrons. The molecule has 0 spiro atoms. The zero-order valence-electron chi connectivity index (χ0n) is 19.1. The molecule has 32 heavy (non-hydrogen) atoms. The monoisotopic (exact) mass is 485 g/mol. The van der Waals surface area contributed by atoms with Crippen molar-refractivity contribution in [2.45, 2.75) is 46.1 Å². The summed E-state index contributed by atoms with van der Waals surface area (Å²) >= 11 is 3.71. The minimum absolute atomic E-state index is 0.172. The highest BCUT2D eigenvalue weighted by Crippen LogP contribution is 2.37. The Morgan fingerprint density at radius 1 is 0.781 bits per heavy atom. The summed E-state index contributed by atoms with van der Waals surface area (Å²) in [7, 11) is 0. The molecule has 0 bridgehead atoms. The van der Waals surface area contributed by atoms with Crippen molar-refractivity contribution in [2.24, 2.45) is 4.99 Å². The number of ether oxygens (including phenoxy) is 1. The van der Waals surface area contributed by atoms with Crippen LogP contribution in [0.5, 0.6) is 0 Å². The van der Waals surface area contributed by atoms with Gasteiger partial charge in [-0.25, -0.2) is 4.99 Å². The maximum Gasteiger partial charge on any atom is 0.216 e. The van der Waals surface area contributed by atoms with E-state index in [9.17, 15) is 0 Å². The smallest absolute Gasteiger partial charge is 0.216 e. The van der Waals surface area contributed by atoms with Crippen LogP contribution in [-0.2, 0) is 17.6 Å². The molecule has 0 unspecified atom stereocenters. The van der Waals surface area contributed by atoms with Gasteiger partial charge in [-0.1, -0.05) is 66.2 Å². The van der Waals surface area contributed by atoms with Gasteiger partial charge in [-0.3, -0.25) is 0 Å². The number of benzene rings is 4. The Bertz CT molecular complexity index is 1380. The van der Waals surface area contributed by atoms with Gasteiger partial charge in [-0.2, -0.15) is 0 Å². The zero-order valence-corrected chi connectivity index (χ0v) is 20.7. The Balaban J connectivity index is 1.72. The topological polar surface area (TPSA) is 21.6 Å².